The highest BCUT2D eigenvalue weighted by molar-refractivity contribution is 7.91. The van der Waals surface area contributed by atoms with Gasteiger partial charge in [-0.05, 0) is 43.0 Å². The first-order chi connectivity index (χ1) is 14.9. The Kier molecular flexibility index (Phi) is 6.22. The van der Waals surface area contributed by atoms with Crippen molar-refractivity contribution in [2.45, 2.75) is 37.3 Å². The van der Waals surface area contributed by atoms with Crippen LogP contribution >= 0.6 is 11.3 Å². The molecule has 31 heavy (non-hydrogen) atoms. The van der Waals surface area contributed by atoms with Crippen molar-refractivity contribution in [3.63, 3.8) is 0 Å². The Morgan fingerprint density at radius 3 is 2.94 bits per heavy atom. The number of carbonyl (C=O) groups excluding carboxylic acids is 1. The molecule has 4 rings (SSSR count). The molecule has 1 saturated heterocycles. The summed E-state index contributed by atoms with van der Waals surface area (Å²) in [4.78, 5) is 17.0. The molecule has 1 fully saturated rings. The molecular formula is C21H24N4O4S2. The van der Waals surface area contributed by atoms with Crippen LogP contribution in [0.5, 0.6) is 0 Å². The van der Waals surface area contributed by atoms with E-state index in [4.69, 9.17) is 4.52 Å². The van der Waals surface area contributed by atoms with Gasteiger partial charge in [0.05, 0.1) is 5.92 Å². The van der Waals surface area contributed by atoms with Gasteiger partial charge in [-0.15, -0.1) is 11.3 Å². The fourth-order valence-electron chi connectivity index (χ4n) is 3.60. The first-order valence-electron chi connectivity index (χ1n) is 10.2. The third kappa shape index (κ3) is 4.70. The van der Waals surface area contributed by atoms with Crippen molar-refractivity contribution in [3.05, 3.63) is 47.2 Å². The highest BCUT2D eigenvalue weighted by Crippen LogP contribution is 2.31. The topological polar surface area (TPSA) is 105 Å². The third-order valence-corrected chi connectivity index (χ3v) is 8.59. The van der Waals surface area contributed by atoms with Gasteiger partial charge >= 0.3 is 0 Å². The summed E-state index contributed by atoms with van der Waals surface area (Å²) in [6, 6.07) is 9.27. The Hall–Kier alpha value is -2.56. The molecule has 1 amide bonds. The Morgan fingerprint density at radius 2 is 2.19 bits per heavy atom. The van der Waals surface area contributed by atoms with Gasteiger partial charge in [-0.2, -0.15) is 9.29 Å². The van der Waals surface area contributed by atoms with E-state index in [1.165, 1.54) is 4.31 Å². The van der Waals surface area contributed by atoms with E-state index in [0.717, 1.165) is 29.0 Å². The van der Waals surface area contributed by atoms with Gasteiger partial charge in [-0.1, -0.05) is 24.2 Å². The van der Waals surface area contributed by atoms with Crippen LogP contribution in [0.15, 0.2) is 44.4 Å². The molecule has 0 unspecified atom stereocenters. The molecule has 3 heterocycles. The van der Waals surface area contributed by atoms with Crippen LogP contribution in [0.1, 0.15) is 31.2 Å². The molecule has 0 spiro atoms. The molecule has 1 N–H and O–H groups in total. The standard InChI is InChI=1S/C21H24N4O4S2/c1-3-15-6-4-8-18(10-15)23-21(26)16-7-5-9-25(12-16)31(27,28)19-11-17(13-30-19)20-22-14(2)29-24-20/h4,6,8,10-11,13,16H,3,5,7,9,12H2,1-2H3,(H,23,26)/t16-/m1/s1. The zero-order valence-electron chi connectivity index (χ0n) is 17.4. The third-order valence-electron chi connectivity index (χ3n) is 5.31. The first kappa shape index (κ1) is 21.7. The number of carbonyl (C=O) groups is 1. The Bertz CT molecular complexity index is 1190. The average Bonchev–Trinajstić information content (AvgIpc) is 3.43. The number of nitrogens with one attached hydrogen (secondary N) is 1. The molecule has 1 aliphatic rings. The maximum absolute atomic E-state index is 13.2. The second-order valence-corrected chi connectivity index (χ2v) is 10.6. The summed E-state index contributed by atoms with van der Waals surface area (Å²) in [5.41, 5.74) is 2.47. The Balaban J connectivity index is 1.47. The summed E-state index contributed by atoms with van der Waals surface area (Å²) in [5.74, 6) is 0.232. The van der Waals surface area contributed by atoms with Crippen LogP contribution < -0.4 is 5.32 Å². The fourth-order valence-corrected chi connectivity index (χ4v) is 6.44. The minimum Gasteiger partial charge on any atom is -0.339 e. The zero-order valence-corrected chi connectivity index (χ0v) is 19.0. The number of piperidine rings is 1. The van der Waals surface area contributed by atoms with Crippen molar-refractivity contribution in [1.82, 2.24) is 14.4 Å². The lowest BCUT2D eigenvalue weighted by Gasteiger charge is -2.30. The lowest BCUT2D eigenvalue weighted by Crippen LogP contribution is -2.43. The quantitative estimate of drug-likeness (QED) is 0.601. The van der Waals surface area contributed by atoms with Crippen LogP contribution in [0.2, 0.25) is 0 Å². The van der Waals surface area contributed by atoms with Crippen LogP contribution in [0.3, 0.4) is 0 Å². The second kappa shape index (κ2) is 8.89. The van der Waals surface area contributed by atoms with E-state index in [9.17, 15) is 13.2 Å². The number of hydrogen-bond acceptors (Lipinski definition) is 7. The van der Waals surface area contributed by atoms with Crippen molar-refractivity contribution in [2.75, 3.05) is 18.4 Å². The molecule has 1 atom stereocenters. The van der Waals surface area contributed by atoms with E-state index < -0.39 is 15.9 Å². The van der Waals surface area contributed by atoms with Crippen LogP contribution in [0, 0.1) is 12.8 Å². The summed E-state index contributed by atoms with van der Waals surface area (Å²) < 4.78 is 33.0. The SMILES string of the molecule is CCc1cccc(NC(=O)[C@@H]2CCCN(S(=O)(=O)c3cc(-c4noc(C)n4)cs3)C2)c1. The first-order valence-corrected chi connectivity index (χ1v) is 12.5. The smallest absolute Gasteiger partial charge is 0.252 e. The number of thiophene rings is 1. The average molecular weight is 461 g/mol. The Morgan fingerprint density at radius 1 is 1.35 bits per heavy atom. The van der Waals surface area contributed by atoms with Gasteiger partial charge in [-0.3, -0.25) is 4.79 Å². The lowest BCUT2D eigenvalue weighted by atomic mass is 9.98. The van der Waals surface area contributed by atoms with Crippen molar-refractivity contribution in [1.29, 1.82) is 0 Å². The predicted octanol–water partition coefficient (Wildman–Crippen LogP) is 3.71. The number of anilines is 1. The number of nitrogens with zero attached hydrogens (tertiary/aromatic N) is 3. The van der Waals surface area contributed by atoms with E-state index in [1.54, 1.807) is 18.4 Å². The van der Waals surface area contributed by atoms with Gasteiger partial charge in [0.15, 0.2) is 0 Å². The van der Waals surface area contributed by atoms with Gasteiger partial charge < -0.3 is 9.84 Å². The molecule has 0 radical (unpaired) electrons. The normalized spacial score (nSPS) is 17.5. The maximum Gasteiger partial charge on any atom is 0.252 e. The van der Waals surface area contributed by atoms with Crippen molar-refractivity contribution in [3.8, 4) is 11.4 Å². The number of amides is 1. The number of sulfonamides is 1. The van der Waals surface area contributed by atoms with Crippen molar-refractivity contribution >= 4 is 33.0 Å². The predicted molar refractivity (Wildman–Crippen MR) is 118 cm³/mol. The number of aryl methyl sites for hydroxylation is 2. The summed E-state index contributed by atoms with van der Waals surface area (Å²) in [6.07, 6.45) is 2.17. The summed E-state index contributed by atoms with van der Waals surface area (Å²) in [7, 11) is -3.71. The second-order valence-electron chi connectivity index (χ2n) is 7.54. The van der Waals surface area contributed by atoms with E-state index >= 15 is 0 Å². The molecule has 0 bridgehead atoms. The van der Waals surface area contributed by atoms with Gasteiger partial charge in [0.1, 0.15) is 4.21 Å². The molecular weight excluding hydrogens is 436 g/mol. The largest absolute Gasteiger partial charge is 0.339 e. The van der Waals surface area contributed by atoms with E-state index in [2.05, 4.69) is 22.4 Å². The van der Waals surface area contributed by atoms with Crippen LogP contribution in [0.4, 0.5) is 5.69 Å². The van der Waals surface area contributed by atoms with Crippen molar-refractivity contribution < 1.29 is 17.7 Å². The molecule has 10 heteroatoms. The van der Waals surface area contributed by atoms with Crippen LogP contribution in [-0.4, -0.2) is 41.9 Å². The molecule has 1 aliphatic heterocycles. The van der Waals surface area contributed by atoms with Crippen LogP contribution in [0.25, 0.3) is 11.4 Å². The Labute approximate surface area is 185 Å². The minimum absolute atomic E-state index is 0.151. The molecule has 1 aromatic carbocycles. The summed E-state index contributed by atoms with van der Waals surface area (Å²) in [6.45, 7) is 4.29. The van der Waals surface area contributed by atoms with Gasteiger partial charge in [0.2, 0.25) is 17.6 Å². The molecule has 8 nitrogen and oxygen atoms in total. The lowest BCUT2D eigenvalue weighted by molar-refractivity contribution is -0.120. The molecule has 3 aromatic rings. The van der Waals surface area contributed by atoms with Gasteiger partial charge in [0, 0.05) is 36.6 Å². The highest BCUT2D eigenvalue weighted by atomic mass is 32.2. The summed E-state index contributed by atoms with van der Waals surface area (Å²) in [5, 5.41) is 8.48. The van der Waals surface area contributed by atoms with E-state index in [0.29, 0.717) is 36.7 Å². The zero-order chi connectivity index (χ0) is 22.0. The number of aromatic nitrogens is 2. The van der Waals surface area contributed by atoms with E-state index in [-0.39, 0.29) is 16.7 Å². The highest BCUT2D eigenvalue weighted by Gasteiger charge is 2.34. The molecule has 0 aliphatic carbocycles. The molecule has 2 aromatic heterocycles. The minimum atomic E-state index is -3.71. The number of rotatable bonds is 6. The van der Waals surface area contributed by atoms with Gasteiger partial charge in [0.25, 0.3) is 10.0 Å². The van der Waals surface area contributed by atoms with E-state index in [1.807, 2.05) is 24.3 Å². The van der Waals surface area contributed by atoms with Gasteiger partial charge in [-0.25, -0.2) is 8.42 Å². The monoisotopic (exact) mass is 460 g/mol. The number of benzene rings is 1. The van der Waals surface area contributed by atoms with Crippen LogP contribution in [-0.2, 0) is 21.2 Å². The summed E-state index contributed by atoms with van der Waals surface area (Å²) >= 11 is 1.12. The molecule has 164 valence electrons. The fraction of sp³-hybridized carbons (Fsp3) is 0.381. The van der Waals surface area contributed by atoms with Crippen molar-refractivity contribution in [2.24, 2.45) is 5.92 Å². The number of hydrogen-bond donors (Lipinski definition) is 1. The maximum atomic E-state index is 13.2. The molecule has 0 saturated carbocycles.